The smallest absolute Gasteiger partial charge is 0.408 e. The Balaban J connectivity index is 2.24. The quantitative estimate of drug-likeness (QED) is 0.258. The van der Waals surface area contributed by atoms with Crippen molar-refractivity contribution in [2.75, 3.05) is 0 Å². The predicted octanol–water partition coefficient (Wildman–Crippen LogP) is 4.24. The first-order valence-electron chi connectivity index (χ1n) is 14.2. The summed E-state index contributed by atoms with van der Waals surface area (Å²) in [6.07, 6.45) is -0.370. The van der Waals surface area contributed by atoms with Gasteiger partial charge in [0.2, 0.25) is 11.8 Å². The van der Waals surface area contributed by atoms with Crippen molar-refractivity contribution in [3.63, 3.8) is 0 Å². The molecule has 0 saturated heterocycles. The fourth-order valence-electron chi connectivity index (χ4n) is 4.07. The molecule has 0 unspecified atom stereocenters. The van der Waals surface area contributed by atoms with Gasteiger partial charge in [-0.3, -0.25) is 9.59 Å². The Hall–Kier alpha value is -4.08. The van der Waals surface area contributed by atoms with E-state index in [-0.39, 0.29) is 30.6 Å². The van der Waals surface area contributed by atoms with Gasteiger partial charge < -0.3 is 30.5 Å². The van der Waals surface area contributed by atoms with Crippen LogP contribution in [-0.2, 0) is 36.9 Å². The highest BCUT2D eigenvalue weighted by molar-refractivity contribution is 5.93. The molecular weight excluding hydrogens is 538 g/mol. The van der Waals surface area contributed by atoms with Gasteiger partial charge in [0, 0.05) is 6.42 Å². The van der Waals surface area contributed by atoms with Gasteiger partial charge in [-0.15, -0.1) is 0 Å². The molecule has 230 valence electrons. The lowest BCUT2D eigenvalue weighted by Gasteiger charge is -2.27. The second-order valence-corrected chi connectivity index (χ2v) is 12.1. The molecule has 2 rings (SSSR count). The first kappa shape index (κ1) is 34.1. The van der Waals surface area contributed by atoms with Gasteiger partial charge >= 0.3 is 12.1 Å². The molecule has 3 atom stereocenters. The lowest BCUT2D eigenvalue weighted by Crippen LogP contribution is -2.57. The number of phenols is 1. The minimum absolute atomic E-state index is 0.0461. The van der Waals surface area contributed by atoms with Gasteiger partial charge in [0.15, 0.2) is 0 Å². The van der Waals surface area contributed by atoms with Crippen molar-refractivity contribution in [2.24, 2.45) is 11.8 Å². The molecule has 2 aromatic carbocycles. The number of phenolic OH excluding ortho intramolecular Hbond substituents is 1. The van der Waals surface area contributed by atoms with E-state index in [9.17, 15) is 24.3 Å². The summed E-state index contributed by atoms with van der Waals surface area (Å²) < 4.78 is 10.8. The molecule has 0 saturated carbocycles. The molecule has 0 bridgehead atoms. The third kappa shape index (κ3) is 12.2. The molecule has 0 aromatic heterocycles. The third-order valence-corrected chi connectivity index (χ3v) is 6.17. The molecule has 10 heteroatoms. The highest BCUT2D eigenvalue weighted by Gasteiger charge is 2.32. The van der Waals surface area contributed by atoms with E-state index in [1.807, 2.05) is 44.2 Å². The van der Waals surface area contributed by atoms with Crippen LogP contribution in [0, 0.1) is 11.8 Å². The Labute approximate surface area is 248 Å². The van der Waals surface area contributed by atoms with E-state index >= 15 is 0 Å². The van der Waals surface area contributed by atoms with Gasteiger partial charge in [-0.2, -0.15) is 0 Å². The lowest BCUT2D eigenvalue weighted by atomic mass is 10.00. The van der Waals surface area contributed by atoms with E-state index in [1.165, 1.54) is 12.1 Å². The zero-order chi connectivity index (χ0) is 31.4. The van der Waals surface area contributed by atoms with Crippen LogP contribution >= 0.6 is 0 Å². The second-order valence-electron chi connectivity index (χ2n) is 12.1. The first-order chi connectivity index (χ1) is 19.6. The maximum absolute atomic E-state index is 13.6. The summed E-state index contributed by atoms with van der Waals surface area (Å²) in [5.41, 5.74) is 0.720. The van der Waals surface area contributed by atoms with Crippen LogP contribution in [0.1, 0.15) is 66.0 Å². The average molecular weight is 584 g/mol. The molecule has 0 fully saturated rings. The summed E-state index contributed by atoms with van der Waals surface area (Å²) in [6.45, 7) is 12.6. The zero-order valence-electron chi connectivity index (χ0n) is 25.6. The van der Waals surface area contributed by atoms with E-state index in [0.717, 1.165) is 5.56 Å². The Kier molecular flexibility index (Phi) is 12.8. The van der Waals surface area contributed by atoms with Crippen molar-refractivity contribution in [1.82, 2.24) is 16.0 Å². The molecular formula is C32H45N3O7. The van der Waals surface area contributed by atoms with E-state index in [1.54, 1.807) is 46.8 Å². The number of ether oxygens (including phenoxy) is 2. The summed E-state index contributed by atoms with van der Waals surface area (Å²) >= 11 is 0. The van der Waals surface area contributed by atoms with E-state index in [2.05, 4.69) is 16.0 Å². The van der Waals surface area contributed by atoms with Crippen LogP contribution in [0.4, 0.5) is 4.79 Å². The van der Waals surface area contributed by atoms with Crippen LogP contribution in [0.5, 0.6) is 5.75 Å². The number of esters is 1. The van der Waals surface area contributed by atoms with Crippen molar-refractivity contribution < 1.29 is 33.8 Å². The van der Waals surface area contributed by atoms with Crippen molar-refractivity contribution in [3.8, 4) is 5.75 Å². The summed E-state index contributed by atoms with van der Waals surface area (Å²) in [5, 5.41) is 17.8. The van der Waals surface area contributed by atoms with Gasteiger partial charge in [-0.05, 0) is 62.3 Å². The van der Waals surface area contributed by atoms with Crippen molar-refractivity contribution in [1.29, 1.82) is 0 Å². The number of hydrogen-bond acceptors (Lipinski definition) is 7. The molecule has 0 aliphatic carbocycles. The van der Waals surface area contributed by atoms with E-state index in [0.29, 0.717) is 12.0 Å². The summed E-state index contributed by atoms with van der Waals surface area (Å²) in [5.74, 6) is -1.95. The molecule has 0 aliphatic heterocycles. The fraction of sp³-hybridized carbons (Fsp3) is 0.500. The number of carbonyl (C=O) groups excluding carboxylic acids is 4. The zero-order valence-corrected chi connectivity index (χ0v) is 25.6. The number of rotatable bonds is 13. The Morgan fingerprint density at radius 2 is 1.38 bits per heavy atom. The molecule has 0 spiro atoms. The van der Waals surface area contributed by atoms with Gasteiger partial charge in [-0.25, -0.2) is 9.59 Å². The van der Waals surface area contributed by atoms with Crippen molar-refractivity contribution in [2.45, 2.75) is 91.6 Å². The Bertz CT molecular complexity index is 1170. The molecule has 0 aliphatic rings. The lowest BCUT2D eigenvalue weighted by molar-refractivity contribution is -0.150. The maximum Gasteiger partial charge on any atom is 0.408 e. The van der Waals surface area contributed by atoms with Gasteiger partial charge in [-0.1, -0.05) is 70.2 Å². The van der Waals surface area contributed by atoms with Gasteiger partial charge in [0.05, 0.1) is 0 Å². The summed E-state index contributed by atoms with van der Waals surface area (Å²) in [7, 11) is 0. The standard InChI is InChI=1S/C32H45N3O7/c1-20(2)17-25(34-31(40)42-32(5,6)7)28(37)33-26(18-22-13-15-24(36)16-14-22)29(38)35-27(21(3)4)30(39)41-19-23-11-9-8-10-12-23/h8-16,20-21,25-27,36H,17-19H2,1-7H3,(H,33,37)(H,34,40)(H,35,38)/t25-,26-,27-/m0/s1. The number of alkyl carbamates (subject to hydrolysis) is 1. The number of amides is 3. The molecule has 2 aromatic rings. The van der Waals surface area contributed by atoms with Crippen LogP contribution in [0.25, 0.3) is 0 Å². The topological polar surface area (TPSA) is 143 Å². The number of hydrogen-bond donors (Lipinski definition) is 4. The van der Waals surface area contributed by atoms with Crippen LogP contribution < -0.4 is 16.0 Å². The number of nitrogens with one attached hydrogen (secondary N) is 3. The SMILES string of the molecule is CC(C)C[C@H](NC(=O)OC(C)(C)C)C(=O)N[C@@H](Cc1ccc(O)cc1)C(=O)N[C@H](C(=O)OCc1ccccc1)C(C)C. The normalized spacial score (nSPS) is 13.5. The molecule has 42 heavy (non-hydrogen) atoms. The van der Waals surface area contributed by atoms with Crippen LogP contribution in [-0.4, -0.2) is 52.7 Å². The minimum Gasteiger partial charge on any atom is -0.508 e. The average Bonchev–Trinajstić information content (AvgIpc) is 2.89. The van der Waals surface area contributed by atoms with Gasteiger partial charge in [0.1, 0.15) is 36.1 Å². The number of carbonyl (C=O) groups is 4. The first-order valence-corrected chi connectivity index (χ1v) is 14.2. The van der Waals surface area contributed by atoms with Crippen LogP contribution in [0.2, 0.25) is 0 Å². The monoisotopic (exact) mass is 583 g/mol. The number of aromatic hydroxyl groups is 1. The van der Waals surface area contributed by atoms with E-state index in [4.69, 9.17) is 9.47 Å². The largest absolute Gasteiger partial charge is 0.508 e. The fourth-order valence-corrected chi connectivity index (χ4v) is 4.07. The summed E-state index contributed by atoms with van der Waals surface area (Å²) in [4.78, 5) is 52.5. The molecule has 0 radical (unpaired) electrons. The van der Waals surface area contributed by atoms with E-state index < -0.39 is 47.6 Å². The molecule has 0 heterocycles. The Morgan fingerprint density at radius 1 is 0.786 bits per heavy atom. The molecule has 10 nitrogen and oxygen atoms in total. The Morgan fingerprint density at radius 3 is 1.93 bits per heavy atom. The van der Waals surface area contributed by atoms with Crippen LogP contribution in [0.3, 0.4) is 0 Å². The highest BCUT2D eigenvalue weighted by Crippen LogP contribution is 2.14. The predicted molar refractivity (Wildman–Crippen MR) is 159 cm³/mol. The summed E-state index contributed by atoms with van der Waals surface area (Å²) in [6, 6.07) is 12.4. The third-order valence-electron chi connectivity index (χ3n) is 6.17. The second kappa shape index (κ2) is 15.8. The molecule has 4 N–H and O–H groups in total. The molecule has 3 amide bonds. The highest BCUT2D eigenvalue weighted by atomic mass is 16.6. The maximum atomic E-state index is 13.6. The van der Waals surface area contributed by atoms with Gasteiger partial charge in [0.25, 0.3) is 0 Å². The van der Waals surface area contributed by atoms with Crippen molar-refractivity contribution in [3.05, 3.63) is 65.7 Å². The number of benzene rings is 2. The minimum atomic E-state index is -1.10. The van der Waals surface area contributed by atoms with Crippen LogP contribution in [0.15, 0.2) is 54.6 Å². The van der Waals surface area contributed by atoms with Crippen molar-refractivity contribution >= 4 is 23.9 Å².